The van der Waals surface area contributed by atoms with Gasteiger partial charge in [0.25, 0.3) is 0 Å². The molecule has 1 fully saturated rings. The van der Waals surface area contributed by atoms with Gasteiger partial charge in [-0.05, 0) is 6.92 Å². The largest absolute Gasteiger partial charge is 0.377 e. The van der Waals surface area contributed by atoms with Crippen LogP contribution in [-0.4, -0.2) is 55.7 Å². The van der Waals surface area contributed by atoms with Gasteiger partial charge in [0.15, 0.2) is 0 Å². The molecule has 0 aromatic carbocycles. The zero-order valence-corrected chi connectivity index (χ0v) is 7.91. The first-order chi connectivity index (χ1) is 5.63. The van der Waals surface area contributed by atoms with E-state index in [1.165, 1.54) is 0 Å². The molecule has 0 saturated carbocycles. The number of hydrogen-bond acceptors (Lipinski definition) is 2. The van der Waals surface area contributed by atoms with E-state index in [2.05, 4.69) is 0 Å². The first-order valence-electron chi connectivity index (χ1n) is 4.18. The predicted octanol–water partition coefficient (Wildman–Crippen LogP) is 0.389. The lowest BCUT2D eigenvalue weighted by atomic mass is 10.3. The van der Waals surface area contributed by atoms with Crippen LogP contribution in [0.1, 0.15) is 6.92 Å². The average molecular weight is 172 g/mol. The quantitative estimate of drug-likeness (QED) is 0.529. The topological polar surface area (TPSA) is 32.8 Å². The summed E-state index contributed by atoms with van der Waals surface area (Å²) >= 11 is 0. The standard InChI is InChI=1S/C8H16N2O2/c1-7-6-12-5-4-10(7)8(11)9(2)3/h7H,4-6H2,1-3H3. The Kier molecular flexibility index (Phi) is 2.92. The lowest BCUT2D eigenvalue weighted by molar-refractivity contribution is 0.0133. The van der Waals surface area contributed by atoms with E-state index < -0.39 is 0 Å². The molecule has 0 N–H and O–H groups in total. The zero-order chi connectivity index (χ0) is 9.14. The van der Waals surface area contributed by atoms with Gasteiger partial charge in [-0.2, -0.15) is 0 Å². The van der Waals surface area contributed by atoms with Gasteiger partial charge in [-0.25, -0.2) is 4.79 Å². The molecule has 0 bridgehead atoms. The molecule has 2 amide bonds. The lowest BCUT2D eigenvalue weighted by Gasteiger charge is -2.34. The molecule has 70 valence electrons. The number of urea groups is 1. The summed E-state index contributed by atoms with van der Waals surface area (Å²) in [5.41, 5.74) is 0. The highest BCUT2D eigenvalue weighted by Gasteiger charge is 2.24. The van der Waals surface area contributed by atoms with Gasteiger partial charge < -0.3 is 14.5 Å². The maximum Gasteiger partial charge on any atom is 0.319 e. The van der Waals surface area contributed by atoms with E-state index in [0.717, 1.165) is 0 Å². The number of amides is 2. The molecule has 0 spiro atoms. The average Bonchev–Trinajstić information content (AvgIpc) is 2.04. The molecule has 4 heteroatoms. The highest BCUT2D eigenvalue weighted by molar-refractivity contribution is 5.74. The van der Waals surface area contributed by atoms with Crippen molar-refractivity contribution in [2.24, 2.45) is 0 Å². The summed E-state index contributed by atoms with van der Waals surface area (Å²) in [6.07, 6.45) is 0. The smallest absolute Gasteiger partial charge is 0.319 e. The minimum Gasteiger partial charge on any atom is -0.377 e. The van der Waals surface area contributed by atoms with Crippen LogP contribution in [-0.2, 0) is 4.74 Å². The van der Waals surface area contributed by atoms with Crippen molar-refractivity contribution >= 4 is 6.03 Å². The van der Waals surface area contributed by atoms with Gasteiger partial charge in [0, 0.05) is 20.6 Å². The van der Waals surface area contributed by atoms with Crippen molar-refractivity contribution < 1.29 is 9.53 Å². The molecule has 1 rings (SSSR count). The monoisotopic (exact) mass is 172 g/mol. The second kappa shape index (κ2) is 3.76. The van der Waals surface area contributed by atoms with E-state index >= 15 is 0 Å². The lowest BCUT2D eigenvalue weighted by Crippen LogP contribution is -2.50. The fraction of sp³-hybridized carbons (Fsp3) is 0.875. The van der Waals surface area contributed by atoms with Crippen LogP contribution in [0.2, 0.25) is 0 Å². The van der Waals surface area contributed by atoms with Crippen molar-refractivity contribution in [3.05, 3.63) is 0 Å². The minimum atomic E-state index is 0.0748. The Labute approximate surface area is 73.1 Å². The van der Waals surface area contributed by atoms with E-state index in [4.69, 9.17) is 4.74 Å². The maximum atomic E-state index is 11.5. The summed E-state index contributed by atoms with van der Waals surface area (Å²) in [7, 11) is 3.54. The van der Waals surface area contributed by atoms with Crippen molar-refractivity contribution in [3.8, 4) is 0 Å². The molecule has 1 unspecified atom stereocenters. The Morgan fingerprint density at radius 1 is 1.58 bits per heavy atom. The Hall–Kier alpha value is -0.770. The highest BCUT2D eigenvalue weighted by atomic mass is 16.5. The van der Waals surface area contributed by atoms with Crippen molar-refractivity contribution in [1.29, 1.82) is 0 Å². The second-order valence-corrected chi connectivity index (χ2v) is 3.29. The molecule has 12 heavy (non-hydrogen) atoms. The minimum absolute atomic E-state index is 0.0748. The molecule has 1 aliphatic rings. The molecule has 0 aliphatic carbocycles. The van der Waals surface area contributed by atoms with E-state index in [1.807, 2.05) is 11.8 Å². The van der Waals surface area contributed by atoms with Crippen LogP contribution in [0.4, 0.5) is 4.79 Å². The first kappa shape index (κ1) is 9.32. The molecule has 1 saturated heterocycles. The number of nitrogens with zero attached hydrogens (tertiary/aromatic N) is 2. The summed E-state index contributed by atoms with van der Waals surface area (Å²) in [6.45, 7) is 4.02. The zero-order valence-electron chi connectivity index (χ0n) is 7.91. The molecular weight excluding hydrogens is 156 g/mol. The summed E-state index contributed by atoms with van der Waals surface area (Å²) in [5, 5.41) is 0. The van der Waals surface area contributed by atoms with Crippen LogP contribution in [0, 0.1) is 0 Å². The fourth-order valence-electron chi connectivity index (χ4n) is 1.27. The van der Waals surface area contributed by atoms with Gasteiger partial charge in [-0.1, -0.05) is 0 Å². The van der Waals surface area contributed by atoms with Crippen LogP contribution >= 0.6 is 0 Å². The van der Waals surface area contributed by atoms with E-state index in [9.17, 15) is 4.79 Å². The maximum absolute atomic E-state index is 11.5. The van der Waals surface area contributed by atoms with Gasteiger partial charge in [0.05, 0.1) is 19.3 Å². The van der Waals surface area contributed by atoms with Crippen LogP contribution in [0.5, 0.6) is 0 Å². The number of carbonyl (C=O) groups excluding carboxylic acids is 1. The van der Waals surface area contributed by atoms with Gasteiger partial charge in [-0.15, -0.1) is 0 Å². The molecule has 0 aromatic heterocycles. The third-order valence-corrected chi connectivity index (χ3v) is 2.00. The molecule has 0 radical (unpaired) electrons. The Balaban J connectivity index is 2.53. The summed E-state index contributed by atoms with van der Waals surface area (Å²) in [6, 6.07) is 0.277. The first-order valence-corrected chi connectivity index (χ1v) is 4.18. The third-order valence-electron chi connectivity index (χ3n) is 2.00. The highest BCUT2D eigenvalue weighted by Crippen LogP contribution is 2.07. The predicted molar refractivity (Wildman–Crippen MR) is 46.1 cm³/mol. The van der Waals surface area contributed by atoms with Crippen molar-refractivity contribution in [2.45, 2.75) is 13.0 Å². The van der Waals surface area contributed by atoms with Gasteiger partial charge in [-0.3, -0.25) is 0 Å². The van der Waals surface area contributed by atoms with Gasteiger partial charge >= 0.3 is 6.03 Å². The molecule has 1 atom stereocenters. The Bertz CT molecular complexity index is 170. The third kappa shape index (κ3) is 1.88. The SMILES string of the molecule is CC1COCCN1C(=O)N(C)C. The van der Waals surface area contributed by atoms with E-state index in [1.54, 1.807) is 19.0 Å². The molecule has 1 aliphatic heterocycles. The number of hydrogen-bond donors (Lipinski definition) is 0. The summed E-state index contributed by atoms with van der Waals surface area (Å²) in [5.74, 6) is 0. The summed E-state index contributed by atoms with van der Waals surface area (Å²) in [4.78, 5) is 14.9. The van der Waals surface area contributed by atoms with E-state index in [0.29, 0.717) is 19.8 Å². The Morgan fingerprint density at radius 2 is 2.25 bits per heavy atom. The molecular formula is C8H16N2O2. The van der Waals surface area contributed by atoms with Crippen LogP contribution in [0.25, 0.3) is 0 Å². The van der Waals surface area contributed by atoms with Crippen molar-refractivity contribution in [2.75, 3.05) is 33.9 Å². The normalized spacial score (nSPS) is 23.9. The Morgan fingerprint density at radius 3 is 2.75 bits per heavy atom. The molecule has 1 heterocycles. The number of ether oxygens (including phenoxy) is 1. The van der Waals surface area contributed by atoms with Crippen LogP contribution < -0.4 is 0 Å². The number of rotatable bonds is 0. The fourth-order valence-corrected chi connectivity index (χ4v) is 1.27. The number of morpholine rings is 1. The molecule has 0 aromatic rings. The van der Waals surface area contributed by atoms with Crippen LogP contribution in [0.15, 0.2) is 0 Å². The van der Waals surface area contributed by atoms with Crippen LogP contribution in [0.3, 0.4) is 0 Å². The van der Waals surface area contributed by atoms with Crippen molar-refractivity contribution in [1.82, 2.24) is 9.80 Å². The van der Waals surface area contributed by atoms with E-state index in [-0.39, 0.29) is 12.1 Å². The second-order valence-electron chi connectivity index (χ2n) is 3.29. The summed E-state index contributed by atoms with van der Waals surface area (Å²) < 4.78 is 5.23. The number of carbonyl (C=O) groups is 1. The van der Waals surface area contributed by atoms with Crippen molar-refractivity contribution in [3.63, 3.8) is 0 Å². The van der Waals surface area contributed by atoms with Gasteiger partial charge in [0.2, 0.25) is 0 Å². The molecule has 4 nitrogen and oxygen atoms in total. The van der Waals surface area contributed by atoms with Gasteiger partial charge in [0.1, 0.15) is 0 Å².